The molecule has 0 fully saturated rings. The Labute approximate surface area is 194 Å². The van der Waals surface area contributed by atoms with Gasteiger partial charge in [-0.1, -0.05) is 0 Å². The normalized spacial score (nSPS) is 22.6. The molecule has 32 heavy (non-hydrogen) atoms. The summed E-state index contributed by atoms with van der Waals surface area (Å²) in [6, 6.07) is 9.96. The Morgan fingerprint density at radius 2 is 1.25 bits per heavy atom. The number of para-hydroxylation sites is 2. The van der Waals surface area contributed by atoms with E-state index >= 15 is 0 Å². The fourth-order valence-corrected chi connectivity index (χ4v) is 6.13. The molecule has 0 aliphatic carbocycles. The van der Waals surface area contributed by atoms with Crippen LogP contribution in [-0.2, 0) is 16.6 Å². The first-order valence-electron chi connectivity index (χ1n) is 9.76. The summed E-state index contributed by atoms with van der Waals surface area (Å²) in [6.45, 7) is 3.14. The van der Waals surface area contributed by atoms with Crippen LogP contribution in [0.3, 0.4) is 0 Å². The molecule has 2 heterocycles. The summed E-state index contributed by atoms with van der Waals surface area (Å²) < 4.78 is 10.6. The van der Waals surface area contributed by atoms with E-state index in [2.05, 4.69) is 10.6 Å². The van der Waals surface area contributed by atoms with Gasteiger partial charge in [-0.15, -0.1) is 0 Å². The molecule has 8 nitrogen and oxygen atoms in total. The minimum absolute atomic E-state index is 0.00660. The molecule has 4 rings (SSSR count). The van der Waals surface area contributed by atoms with E-state index in [4.69, 9.17) is 16.7 Å². The summed E-state index contributed by atoms with van der Waals surface area (Å²) in [5.74, 6) is -1.47. The van der Waals surface area contributed by atoms with Gasteiger partial charge in [-0.05, 0) is 0 Å². The molecule has 2 aliphatic rings. The topological polar surface area (TPSA) is 117 Å². The third-order valence-corrected chi connectivity index (χ3v) is 7.96. The van der Waals surface area contributed by atoms with Crippen molar-refractivity contribution in [2.75, 3.05) is 10.6 Å². The zero-order valence-electron chi connectivity index (χ0n) is 17.3. The third-order valence-electron chi connectivity index (χ3n) is 5.36. The summed E-state index contributed by atoms with van der Waals surface area (Å²) in [5, 5.41) is 26.1. The second kappa shape index (κ2) is 8.16. The molecule has 0 bridgehead atoms. The number of anilines is 2. The van der Waals surface area contributed by atoms with Gasteiger partial charge < -0.3 is 0 Å². The van der Waals surface area contributed by atoms with E-state index in [9.17, 15) is 19.8 Å². The molecule has 0 saturated carbocycles. The molecule has 0 radical (unpaired) electrons. The molecule has 2 atom stereocenters. The first kappa shape index (κ1) is 22.2. The number of phenols is 2. The Morgan fingerprint density at radius 3 is 1.66 bits per heavy atom. The van der Waals surface area contributed by atoms with E-state index in [0.29, 0.717) is 11.4 Å². The maximum absolute atomic E-state index is 12.8. The van der Waals surface area contributed by atoms with Crippen molar-refractivity contribution in [1.29, 1.82) is 0 Å². The molecule has 0 amide bonds. The second-order valence-electron chi connectivity index (χ2n) is 7.89. The van der Waals surface area contributed by atoms with Crippen LogP contribution < -0.4 is 10.6 Å². The van der Waals surface area contributed by atoms with Crippen LogP contribution in [0.2, 0.25) is 0 Å². The zero-order valence-corrected chi connectivity index (χ0v) is 20.4. The Hall–Kier alpha value is -3.01. The summed E-state index contributed by atoms with van der Waals surface area (Å²) in [4.78, 5) is 25.6. The number of rotatable bonds is 4. The van der Waals surface area contributed by atoms with Crippen molar-refractivity contribution in [1.82, 2.24) is 0 Å². The Kier molecular flexibility index (Phi) is 5.66. The van der Waals surface area contributed by atoms with E-state index < -0.39 is 39.0 Å². The second-order valence-corrected chi connectivity index (χ2v) is 11.9. The molecule has 0 spiro atoms. The molecular weight excluding hydrogens is 493 g/mol. The van der Waals surface area contributed by atoms with Crippen LogP contribution in [0.5, 0.6) is 11.5 Å². The number of halogens is 1. The zero-order chi connectivity index (χ0) is 23.1. The van der Waals surface area contributed by atoms with Crippen LogP contribution in [0, 0.1) is 0 Å². The molecule has 2 aliphatic heterocycles. The number of aromatic hydroxyl groups is 2. The van der Waals surface area contributed by atoms with E-state index in [1.54, 1.807) is 62.4 Å². The van der Waals surface area contributed by atoms with Crippen molar-refractivity contribution < 1.29 is 26.9 Å². The quantitative estimate of drug-likeness (QED) is 0.363. The number of nitrogens with one attached hydrogen (secondary N) is 2. The van der Waals surface area contributed by atoms with Gasteiger partial charge in [0.25, 0.3) is 0 Å². The van der Waals surface area contributed by atoms with Gasteiger partial charge in [0.15, 0.2) is 0 Å². The summed E-state index contributed by atoms with van der Waals surface area (Å²) in [5.41, 5.74) is -0.363. The number of hydrogen-bond donors (Lipinski definition) is 4. The number of carbonyl (C=O) groups excluding carboxylic acids is 2. The molecule has 10 heteroatoms. The maximum atomic E-state index is 12.8. The molecule has 164 valence electrons. The Balaban J connectivity index is 1.42. The molecule has 4 N–H and O–H groups in total. The summed E-state index contributed by atoms with van der Waals surface area (Å²) >= 11 is -3.78. The minimum atomic E-state index is -3.78. The van der Waals surface area contributed by atoms with E-state index in [-0.39, 0.29) is 11.5 Å². The van der Waals surface area contributed by atoms with E-state index in [0.717, 1.165) is 11.1 Å². The van der Waals surface area contributed by atoms with Crippen molar-refractivity contribution in [3.63, 3.8) is 0 Å². The molecule has 2 aromatic carbocycles. The van der Waals surface area contributed by atoms with Crippen molar-refractivity contribution in [2.45, 2.75) is 24.9 Å². The number of carbonyl (C=O) groups is 2. The summed E-state index contributed by atoms with van der Waals surface area (Å²) in [6.07, 6.45) is 6.57. The van der Waals surface area contributed by atoms with Gasteiger partial charge >= 0.3 is 195 Å². The molecule has 2 aromatic rings. The molecule has 0 saturated heterocycles. The van der Waals surface area contributed by atoms with Gasteiger partial charge in [0.2, 0.25) is 0 Å². The Morgan fingerprint density at radius 1 is 0.844 bits per heavy atom. The summed E-state index contributed by atoms with van der Waals surface area (Å²) in [7, 11) is 6.19. The van der Waals surface area contributed by atoms with Gasteiger partial charge in [-0.25, -0.2) is 0 Å². The van der Waals surface area contributed by atoms with Crippen molar-refractivity contribution >= 4 is 61.0 Å². The van der Waals surface area contributed by atoms with Crippen LogP contribution in [0.4, 0.5) is 11.4 Å². The van der Waals surface area contributed by atoms with Crippen LogP contribution in [-0.4, -0.2) is 49.2 Å². The predicted octanol–water partition coefficient (Wildman–Crippen LogP) is 3.50. The number of phenolic OH excluding ortho intramolecular Hbond substituents is 2. The SMILES string of the molecule is CC1(C(=O)[O][Ga]([Cl])[O]C(=O)C2(C)C=Cc3cccc(O)c3N2)C=Cc2cccc(O)c2N1. The molecule has 2 unspecified atom stereocenters. The average Bonchev–Trinajstić information content (AvgIpc) is 2.75. The first-order valence-corrected chi connectivity index (χ1v) is 14.9. The van der Waals surface area contributed by atoms with Crippen molar-refractivity contribution in [3.8, 4) is 11.5 Å². The van der Waals surface area contributed by atoms with Gasteiger partial charge in [0, 0.05) is 0 Å². The van der Waals surface area contributed by atoms with Gasteiger partial charge in [0.1, 0.15) is 0 Å². The van der Waals surface area contributed by atoms with Crippen molar-refractivity contribution in [3.05, 3.63) is 59.7 Å². The van der Waals surface area contributed by atoms with Gasteiger partial charge in [-0.2, -0.15) is 0 Å². The van der Waals surface area contributed by atoms with E-state index in [1.165, 1.54) is 12.1 Å². The van der Waals surface area contributed by atoms with Crippen LogP contribution >= 0.6 is 9.64 Å². The van der Waals surface area contributed by atoms with Gasteiger partial charge in [-0.3, -0.25) is 0 Å². The van der Waals surface area contributed by atoms with Gasteiger partial charge in [0.05, 0.1) is 0 Å². The monoisotopic (exact) mass is 512 g/mol. The first-order chi connectivity index (χ1) is 15.1. The number of hydrogen-bond acceptors (Lipinski definition) is 8. The van der Waals surface area contributed by atoms with Crippen LogP contribution in [0.15, 0.2) is 48.6 Å². The van der Waals surface area contributed by atoms with Crippen LogP contribution in [0.25, 0.3) is 12.2 Å². The molecular formula is C22H20ClGaN2O6. The average molecular weight is 514 g/mol. The third kappa shape index (κ3) is 4.06. The van der Waals surface area contributed by atoms with E-state index in [1.807, 2.05) is 0 Å². The fraction of sp³-hybridized carbons (Fsp3) is 0.182. The van der Waals surface area contributed by atoms with Crippen LogP contribution in [0.1, 0.15) is 25.0 Å². The predicted molar refractivity (Wildman–Crippen MR) is 122 cm³/mol. The standard InChI is InChI=1S/2C11H11NO3.ClH.Ga/c2*1-11(10(14)15)6-5-7-3-2-4-8(13)9(7)12-11;;/h2*2-6,12-13H,1H3,(H,14,15);1H;/q;;;+3/p-3. The molecule has 0 aromatic heterocycles. The van der Waals surface area contributed by atoms with Crippen molar-refractivity contribution in [2.24, 2.45) is 0 Å². The fourth-order valence-electron chi connectivity index (χ4n) is 3.46. The number of fused-ring (bicyclic) bond motifs is 2. The Bertz CT molecular complexity index is 1080. The number of benzene rings is 2.